The summed E-state index contributed by atoms with van der Waals surface area (Å²) in [4.78, 5) is 2.43. The van der Waals surface area contributed by atoms with Crippen molar-refractivity contribution < 1.29 is 4.74 Å². The lowest BCUT2D eigenvalue weighted by atomic mass is 10.3. The second-order valence-corrected chi connectivity index (χ2v) is 5.26. The van der Waals surface area contributed by atoms with Gasteiger partial charge in [0.15, 0.2) is 0 Å². The molecule has 1 aromatic carbocycles. The topological polar surface area (TPSA) is 30.3 Å². The second kappa shape index (κ2) is 5.99. The summed E-state index contributed by atoms with van der Waals surface area (Å²) < 4.78 is 7.67. The highest BCUT2D eigenvalue weighted by Crippen LogP contribution is 2.22. The van der Waals surface area contributed by atoms with Crippen LogP contribution in [0.4, 0.5) is 5.69 Å². The van der Waals surface area contributed by atoms with E-state index < -0.39 is 0 Å². The standard InChI is InChI=1S/C16H21N3O/c1-14-8-11-19(17-14)12-13-20-16-6-4-15(5-7-16)18-9-2-3-10-18/h4-8,11H,2-3,9-10,12-13H2,1H3. The van der Waals surface area contributed by atoms with Crippen molar-refractivity contribution in [3.05, 3.63) is 42.2 Å². The number of aromatic nitrogens is 2. The van der Waals surface area contributed by atoms with Gasteiger partial charge >= 0.3 is 0 Å². The number of hydrogen-bond acceptors (Lipinski definition) is 3. The molecule has 0 radical (unpaired) electrons. The number of ether oxygens (including phenoxy) is 1. The van der Waals surface area contributed by atoms with Crippen LogP contribution in [0.15, 0.2) is 36.5 Å². The average Bonchev–Trinajstić information content (AvgIpc) is 3.11. The Hall–Kier alpha value is -1.97. The molecule has 3 rings (SSSR count). The van der Waals surface area contributed by atoms with Gasteiger partial charge in [0.1, 0.15) is 12.4 Å². The van der Waals surface area contributed by atoms with Crippen LogP contribution >= 0.6 is 0 Å². The maximum Gasteiger partial charge on any atom is 0.119 e. The van der Waals surface area contributed by atoms with E-state index in [0.29, 0.717) is 6.61 Å². The van der Waals surface area contributed by atoms with E-state index in [9.17, 15) is 0 Å². The number of anilines is 1. The Morgan fingerprint density at radius 2 is 1.85 bits per heavy atom. The quantitative estimate of drug-likeness (QED) is 0.837. The Morgan fingerprint density at radius 1 is 1.10 bits per heavy atom. The molecular formula is C16H21N3O. The fourth-order valence-electron chi connectivity index (χ4n) is 2.57. The molecule has 20 heavy (non-hydrogen) atoms. The first kappa shape index (κ1) is 13.0. The molecule has 1 aromatic heterocycles. The third-order valence-corrected chi connectivity index (χ3v) is 3.67. The number of benzene rings is 1. The summed E-state index contributed by atoms with van der Waals surface area (Å²) in [6.45, 7) is 5.78. The Morgan fingerprint density at radius 3 is 2.50 bits per heavy atom. The molecule has 2 aromatic rings. The summed E-state index contributed by atoms with van der Waals surface area (Å²) in [6.07, 6.45) is 4.60. The zero-order chi connectivity index (χ0) is 13.8. The first-order valence-electron chi connectivity index (χ1n) is 7.29. The molecular weight excluding hydrogens is 250 g/mol. The Kier molecular flexibility index (Phi) is 3.90. The third kappa shape index (κ3) is 3.13. The van der Waals surface area contributed by atoms with Gasteiger partial charge < -0.3 is 9.64 Å². The lowest BCUT2D eigenvalue weighted by Crippen LogP contribution is -2.17. The SMILES string of the molecule is Cc1ccn(CCOc2ccc(N3CCCC3)cc2)n1. The largest absolute Gasteiger partial charge is 0.492 e. The van der Waals surface area contributed by atoms with Crippen LogP contribution in [0.5, 0.6) is 5.75 Å². The monoisotopic (exact) mass is 271 g/mol. The van der Waals surface area contributed by atoms with Crippen molar-refractivity contribution in [1.29, 1.82) is 0 Å². The molecule has 4 nitrogen and oxygen atoms in total. The highest BCUT2D eigenvalue weighted by molar-refractivity contribution is 5.49. The molecule has 0 unspecified atom stereocenters. The van der Waals surface area contributed by atoms with E-state index in [0.717, 1.165) is 18.0 Å². The van der Waals surface area contributed by atoms with E-state index in [1.54, 1.807) is 0 Å². The normalized spacial score (nSPS) is 14.8. The van der Waals surface area contributed by atoms with Crippen LogP contribution in [0.2, 0.25) is 0 Å². The Balaban J connectivity index is 1.50. The van der Waals surface area contributed by atoms with Crippen molar-refractivity contribution >= 4 is 5.69 Å². The van der Waals surface area contributed by atoms with Crippen molar-refractivity contribution in [3.63, 3.8) is 0 Å². The zero-order valence-corrected chi connectivity index (χ0v) is 12.0. The van der Waals surface area contributed by atoms with Crippen LogP contribution in [0.25, 0.3) is 0 Å². The smallest absolute Gasteiger partial charge is 0.119 e. The van der Waals surface area contributed by atoms with Crippen molar-refractivity contribution in [3.8, 4) is 5.75 Å². The van der Waals surface area contributed by atoms with Crippen LogP contribution in [-0.2, 0) is 6.54 Å². The van der Waals surface area contributed by atoms with Gasteiger partial charge in [-0.2, -0.15) is 5.10 Å². The lowest BCUT2D eigenvalue weighted by Gasteiger charge is -2.17. The minimum atomic E-state index is 0.643. The predicted octanol–water partition coefficient (Wildman–Crippen LogP) is 2.87. The molecule has 0 aliphatic carbocycles. The van der Waals surface area contributed by atoms with Gasteiger partial charge in [0, 0.05) is 25.0 Å². The Bertz CT molecular complexity index is 541. The fraction of sp³-hybridized carbons (Fsp3) is 0.438. The van der Waals surface area contributed by atoms with E-state index in [1.165, 1.54) is 31.6 Å². The van der Waals surface area contributed by atoms with E-state index in [2.05, 4.69) is 34.3 Å². The molecule has 1 aliphatic rings. The summed E-state index contributed by atoms with van der Waals surface area (Å²) in [5.41, 5.74) is 2.34. The molecule has 2 heterocycles. The fourth-order valence-corrected chi connectivity index (χ4v) is 2.57. The number of aryl methyl sites for hydroxylation is 1. The van der Waals surface area contributed by atoms with Crippen LogP contribution in [0.3, 0.4) is 0 Å². The molecule has 0 amide bonds. The number of hydrogen-bond donors (Lipinski definition) is 0. The molecule has 0 saturated carbocycles. The minimum absolute atomic E-state index is 0.643. The molecule has 106 valence electrons. The van der Waals surface area contributed by atoms with Crippen molar-refractivity contribution in [2.24, 2.45) is 0 Å². The molecule has 0 spiro atoms. The minimum Gasteiger partial charge on any atom is -0.492 e. The molecule has 1 saturated heterocycles. The molecule has 0 bridgehead atoms. The van der Waals surface area contributed by atoms with E-state index in [4.69, 9.17) is 4.74 Å². The van der Waals surface area contributed by atoms with E-state index in [-0.39, 0.29) is 0 Å². The highest BCUT2D eigenvalue weighted by Gasteiger charge is 2.11. The zero-order valence-electron chi connectivity index (χ0n) is 12.0. The Labute approximate surface area is 120 Å². The van der Waals surface area contributed by atoms with Crippen molar-refractivity contribution in [2.45, 2.75) is 26.3 Å². The van der Waals surface area contributed by atoms with Gasteiger partial charge in [-0.15, -0.1) is 0 Å². The molecule has 1 fully saturated rings. The van der Waals surface area contributed by atoms with Gasteiger partial charge in [0.25, 0.3) is 0 Å². The van der Waals surface area contributed by atoms with Gasteiger partial charge in [-0.25, -0.2) is 0 Å². The molecule has 1 aliphatic heterocycles. The van der Waals surface area contributed by atoms with Crippen molar-refractivity contribution in [2.75, 3.05) is 24.6 Å². The van der Waals surface area contributed by atoms with Crippen LogP contribution in [0, 0.1) is 6.92 Å². The first-order valence-corrected chi connectivity index (χ1v) is 7.29. The van der Waals surface area contributed by atoms with Crippen LogP contribution < -0.4 is 9.64 Å². The molecule has 0 N–H and O–H groups in total. The summed E-state index contributed by atoms with van der Waals surface area (Å²) in [7, 11) is 0. The van der Waals surface area contributed by atoms with Crippen LogP contribution in [-0.4, -0.2) is 29.5 Å². The van der Waals surface area contributed by atoms with E-state index >= 15 is 0 Å². The maximum atomic E-state index is 5.76. The molecule has 4 heteroatoms. The summed E-state index contributed by atoms with van der Waals surface area (Å²) in [5, 5.41) is 4.34. The van der Waals surface area contributed by atoms with Gasteiger partial charge in [-0.3, -0.25) is 4.68 Å². The maximum absolute atomic E-state index is 5.76. The lowest BCUT2D eigenvalue weighted by molar-refractivity contribution is 0.291. The average molecular weight is 271 g/mol. The third-order valence-electron chi connectivity index (χ3n) is 3.67. The van der Waals surface area contributed by atoms with Gasteiger partial charge in [0.2, 0.25) is 0 Å². The summed E-state index contributed by atoms with van der Waals surface area (Å²) in [5.74, 6) is 0.928. The first-order chi connectivity index (χ1) is 9.81. The van der Waals surface area contributed by atoms with Crippen LogP contribution in [0.1, 0.15) is 18.5 Å². The van der Waals surface area contributed by atoms with Gasteiger partial charge in [-0.1, -0.05) is 0 Å². The summed E-state index contributed by atoms with van der Waals surface area (Å²) >= 11 is 0. The highest BCUT2D eigenvalue weighted by atomic mass is 16.5. The number of rotatable bonds is 5. The van der Waals surface area contributed by atoms with Gasteiger partial charge in [-0.05, 0) is 50.1 Å². The summed E-state index contributed by atoms with van der Waals surface area (Å²) in [6, 6.07) is 10.4. The van der Waals surface area contributed by atoms with Crippen molar-refractivity contribution in [1.82, 2.24) is 9.78 Å². The van der Waals surface area contributed by atoms with E-state index in [1.807, 2.05) is 23.9 Å². The molecule has 0 atom stereocenters. The van der Waals surface area contributed by atoms with Gasteiger partial charge in [0.05, 0.1) is 12.2 Å². The second-order valence-electron chi connectivity index (χ2n) is 5.26. The predicted molar refractivity (Wildman–Crippen MR) is 80.3 cm³/mol. The number of nitrogens with zero attached hydrogens (tertiary/aromatic N) is 3.